The van der Waals surface area contributed by atoms with Gasteiger partial charge in [0.1, 0.15) is 11.2 Å². The first kappa shape index (κ1) is 29.2. The number of anilines is 2. The number of furan rings is 1. The number of hydrogen-bond acceptors (Lipinski definition) is 2. The van der Waals surface area contributed by atoms with Crippen molar-refractivity contribution in [1.29, 1.82) is 0 Å². The third-order valence-corrected chi connectivity index (χ3v) is 13.0. The van der Waals surface area contributed by atoms with E-state index in [4.69, 9.17) is 4.42 Å². The largest absolute Gasteiger partial charge is 0.456 e. The SMILES string of the molecule is CC1C=C2C(C)C3=C1C(C)c1ccccc1C3(C)N(c1ccccc1)c1cc(c3oc4ccccc4c3c1)C21c2ccccc2-c2ccccc21. The van der Waals surface area contributed by atoms with Crippen molar-refractivity contribution in [3.8, 4) is 11.1 Å². The first-order valence-electron chi connectivity index (χ1n) is 18.5. The van der Waals surface area contributed by atoms with Crippen LogP contribution < -0.4 is 4.90 Å². The van der Waals surface area contributed by atoms with E-state index in [9.17, 15) is 0 Å². The monoisotopic (exact) mass is 657 g/mol. The quantitative estimate of drug-likeness (QED) is 0.163. The molecule has 246 valence electrons. The molecule has 4 unspecified atom stereocenters. The van der Waals surface area contributed by atoms with Gasteiger partial charge in [0.15, 0.2) is 0 Å². The van der Waals surface area contributed by atoms with E-state index in [-0.39, 0.29) is 11.8 Å². The summed E-state index contributed by atoms with van der Waals surface area (Å²) < 4.78 is 7.09. The van der Waals surface area contributed by atoms with Gasteiger partial charge < -0.3 is 9.32 Å². The number of benzene rings is 6. The van der Waals surface area contributed by atoms with Gasteiger partial charge in [-0.2, -0.15) is 0 Å². The molecule has 0 radical (unpaired) electrons. The summed E-state index contributed by atoms with van der Waals surface area (Å²) in [6, 6.07) is 52.2. The summed E-state index contributed by atoms with van der Waals surface area (Å²) in [5.41, 5.74) is 17.2. The minimum Gasteiger partial charge on any atom is -0.456 e. The predicted octanol–water partition coefficient (Wildman–Crippen LogP) is 12.6. The minimum atomic E-state index is -0.560. The topological polar surface area (TPSA) is 16.4 Å². The van der Waals surface area contributed by atoms with E-state index in [1.807, 2.05) is 0 Å². The first-order chi connectivity index (χ1) is 24.9. The fourth-order valence-corrected chi connectivity index (χ4v) is 11.3. The summed E-state index contributed by atoms with van der Waals surface area (Å²) in [6.07, 6.45) is 2.66. The maximum atomic E-state index is 7.09. The molecular formula is C49H39NO. The summed E-state index contributed by atoms with van der Waals surface area (Å²) in [5.74, 6) is 0.683. The Kier molecular flexibility index (Phi) is 5.72. The maximum Gasteiger partial charge on any atom is 0.140 e. The summed E-state index contributed by atoms with van der Waals surface area (Å²) in [6.45, 7) is 9.91. The molecule has 2 nitrogen and oxygen atoms in total. The van der Waals surface area contributed by atoms with Crippen LogP contribution in [0.1, 0.15) is 61.4 Å². The van der Waals surface area contributed by atoms with Crippen molar-refractivity contribution in [1.82, 2.24) is 0 Å². The van der Waals surface area contributed by atoms with E-state index >= 15 is 0 Å². The van der Waals surface area contributed by atoms with Gasteiger partial charge in [-0.15, -0.1) is 0 Å². The third-order valence-electron chi connectivity index (χ3n) is 13.0. The molecule has 6 aromatic carbocycles. The molecule has 7 aromatic rings. The molecular weight excluding hydrogens is 619 g/mol. The molecule has 4 bridgehead atoms. The molecule has 11 rings (SSSR count). The van der Waals surface area contributed by atoms with Crippen molar-refractivity contribution in [2.24, 2.45) is 11.8 Å². The van der Waals surface area contributed by atoms with Crippen LogP contribution in [0.3, 0.4) is 0 Å². The minimum absolute atomic E-state index is 0.135. The lowest BCUT2D eigenvalue weighted by molar-refractivity contribution is 0.437. The molecule has 3 aliphatic carbocycles. The molecule has 4 aliphatic rings. The van der Waals surface area contributed by atoms with Crippen LogP contribution in [0.2, 0.25) is 0 Å². The molecule has 2 heterocycles. The molecule has 4 atom stereocenters. The van der Waals surface area contributed by atoms with E-state index in [2.05, 4.69) is 178 Å². The van der Waals surface area contributed by atoms with Gasteiger partial charge in [-0.3, -0.25) is 0 Å². The van der Waals surface area contributed by atoms with Crippen LogP contribution in [0.25, 0.3) is 33.1 Å². The van der Waals surface area contributed by atoms with Crippen LogP contribution in [0.15, 0.2) is 167 Å². The van der Waals surface area contributed by atoms with E-state index in [1.165, 1.54) is 61.5 Å². The lowest BCUT2D eigenvalue weighted by atomic mass is 9.54. The van der Waals surface area contributed by atoms with Crippen molar-refractivity contribution in [3.05, 3.63) is 190 Å². The van der Waals surface area contributed by atoms with Gasteiger partial charge in [-0.25, -0.2) is 0 Å². The van der Waals surface area contributed by atoms with Crippen molar-refractivity contribution < 1.29 is 4.42 Å². The van der Waals surface area contributed by atoms with Gasteiger partial charge in [0.05, 0.1) is 11.0 Å². The van der Waals surface area contributed by atoms with Crippen molar-refractivity contribution in [3.63, 3.8) is 0 Å². The Labute approximate surface area is 299 Å². The maximum absolute atomic E-state index is 7.09. The number of rotatable bonds is 1. The van der Waals surface area contributed by atoms with Crippen molar-refractivity contribution in [2.45, 2.75) is 44.6 Å². The average molecular weight is 658 g/mol. The number of nitrogens with zero attached hydrogens (tertiary/aromatic N) is 1. The Morgan fingerprint density at radius 1 is 0.569 bits per heavy atom. The molecule has 0 fully saturated rings. The zero-order chi connectivity index (χ0) is 34.2. The second kappa shape index (κ2) is 10.0. The highest BCUT2D eigenvalue weighted by atomic mass is 16.3. The Hall–Kier alpha value is -5.60. The number of hydrogen-bond donors (Lipinski definition) is 0. The molecule has 1 aromatic heterocycles. The van der Waals surface area contributed by atoms with E-state index in [0.29, 0.717) is 5.92 Å². The van der Waals surface area contributed by atoms with Crippen LogP contribution in [0, 0.1) is 11.8 Å². The summed E-state index contributed by atoms with van der Waals surface area (Å²) in [4.78, 5) is 2.68. The zero-order valence-electron chi connectivity index (χ0n) is 29.4. The lowest BCUT2D eigenvalue weighted by Crippen LogP contribution is -2.50. The second-order valence-electron chi connectivity index (χ2n) is 15.4. The molecule has 1 spiro atoms. The molecule has 1 aliphatic heterocycles. The van der Waals surface area contributed by atoms with Gasteiger partial charge in [-0.05, 0) is 87.7 Å². The van der Waals surface area contributed by atoms with E-state index in [0.717, 1.165) is 21.9 Å². The Morgan fingerprint density at radius 3 is 1.94 bits per heavy atom. The highest BCUT2D eigenvalue weighted by molar-refractivity contribution is 6.09. The fraction of sp³-hybridized carbons (Fsp3) is 0.184. The van der Waals surface area contributed by atoms with Crippen LogP contribution in [0.4, 0.5) is 11.4 Å². The molecule has 51 heavy (non-hydrogen) atoms. The fourth-order valence-electron chi connectivity index (χ4n) is 11.3. The molecule has 0 saturated carbocycles. The van der Waals surface area contributed by atoms with Crippen molar-refractivity contribution in [2.75, 3.05) is 4.90 Å². The normalized spacial score (nSPS) is 23.7. The summed E-state index contributed by atoms with van der Waals surface area (Å²) >= 11 is 0. The highest BCUT2D eigenvalue weighted by Gasteiger charge is 2.57. The van der Waals surface area contributed by atoms with E-state index in [1.54, 1.807) is 5.57 Å². The molecule has 0 N–H and O–H groups in total. The molecule has 0 saturated heterocycles. The first-order valence-corrected chi connectivity index (χ1v) is 18.5. The molecule has 0 amide bonds. The van der Waals surface area contributed by atoms with Gasteiger partial charge in [0.25, 0.3) is 0 Å². The zero-order valence-corrected chi connectivity index (χ0v) is 29.4. The Bertz CT molecular complexity index is 2630. The molecule has 2 heteroatoms. The third kappa shape index (κ3) is 3.44. The number of para-hydroxylation sites is 2. The van der Waals surface area contributed by atoms with Gasteiger partial charge in [0.2, 0.25) is 0 Å². The van der Waals surface area contributed by atoms with E-state index < -0.39 is 11.0 Å². The van der Waals surface area contributed by atoms with Crippen LogP contribution in [0.5, 0.6) is 0 Å². The standard InChI is InChI=1S/C49H39NO/c1-29-26-42-31(3)46-45(29)30(2)34-18-8-12-22-39(34)48(46,4)50(32-16-6-5-7-17-32)33-27-38-37-21-11-15-25-44(37)51-47(38)43(28-33)49(42)40-23-13-9-19-35(40)36-20-10-14-24-41(36)49/h5-31H,1-4H3. The second-order valence-corrected chi connectivity index (χ2v) is 15.4. The van der Waals surface area contributed by atoms with Crippen LogP contribution in [-0.2, 0) is 11.0 Å². The van der Waals surface area contributed by atoms with Gasteiger partial charge in [-0.1, -0.05) is 142 Å². The van der Waals surface area contributed by atoms with Crippen molar-refractivity contribution >= 4 is 33.3 Å². The smallest absolute Gasteiger partial charge is 0.140 e. The van der Waals surface area contributed by atoms with Crippen LogP contribution in [-0.4, -0.2) is 0 Å². The van der Waals surface area contributed by atoms with Crippen LogP contribution >= 0.6 is 0 Å². The number of allylic oxidation sites excluding steroid dienone is 3. The predicted molar refractivity (Wildman–Crippen MR) is 210 cm³/mol. The summed E-state index contributed by atoms with van der Waals surface area (Å²) in [7, 11) is 0. The Morgan fingerprint density at radius 2 is 1.20 bits per heavy atom. The highest BCUT2D eigenvalue weighted by Crippen LogP contribution is 2.66. The average Bonchev–Trinajstić information content (AvgIpc) is 3.69. The van der Waals surface area contributed by atoms with Gasteiger partial charge in [0, 0.05) is 39.5 Å². The summed E-state index contributed by atoms with van der Waals surface area (Å²) in [5, 5.41) is 2.31. The lowest BCUT2D eigenvalue weighted by Gasteiger charge is -2.54. The Balaban J connectivity index is 1.41. The van der Waals surface area contributed by atoms with Gasteiger partial charge >= 0.3 is 0 Å². The number of fused-ring (bicyclic) bond motifs is 16.